The van der Waals surface area contributed by atoms with E-state index in [2.05, 4.69) is 23.8 Å². The highest BCUT2D eigenvalue weighted by Crippen LogP contribution is 2.28. The maximum atomic E-state index is 6.16. The average Bonchev–Trinajstić information content (AvgIpc) is 2.68. The molecule has 0 amide bonds. The molecule has 0 saturated heterocycles. The van der Waals surface area contributed by atoms with Gasteiger partial charge in [0.1, 0.15) is 0 Å². The molecular weight excluding hydrogens is 273 g/mol. The Morgan fingerprint density at radius 2 is 2.12 bits per heavy atom. The molecule has 0 fully saturated rings. The summed E-state index contributed by atoms with van der Waals surface area (Å²) >= 11 is 14.2. The summed E-state index contributed by atoms with van der Waals surface area (Å²) in [6.45, 7) is 3.21. The summed E-state index contributed by atoms with van der Waals surface area (Å²) in [5.41, 5.74) is 1.13. The average molecular weight is 288 g/mol. The molecule has 1 aromatic carbocycles. The van der Waals surface area contributed by atoms with Crippen LogP contribution >= 0.6 is 35.0 Å². The van der Waals surface area contributed by atoms with Gasteiger partial charge in [-0.2, -0.15) is 11.8 Å². The van der Waals surface area contributed by atoms with Crippen molar-refractivity contribution in [3.8, 4) is 0 Å². The third-order valence-corrected chi connectivity index (χ3v) is 4.21. The van der Waals surface area contributed by atoms with E-state index >= 15 is 0 Å². The molecule has 0 saturated carbocycles. The molecule has 0 spiro atoms. The van der Waals surface area contributed by atoms with Crippen LogP contribution < -0.4 is 0 Å². The highest BCUT2D eigenvalue weighted by molar-refractivity contribution is 7.99. The number of aryl methyl sites for hydroxylation is 1. The Labute approximate surface area is 116 Å². The van der Waals surface area contributed by atoms with Crippen LogP contribution in [0.15, 0.2) is 24.4 Å². The molecule has 1 aromatic heterocycles. The van der Waals surface area contributed by atoms with Crippen molar-refractivity contribution in [1.82, 2.24) is 4.57 Å². The molecule has 0 N–H and O–H groups in total. The third-order valence-electron chi connectivity index (χ3n) is 2.69. The molecule has 92 valence electrons. The first-order valence-electron chi connectivity index (χ1n) is 5.74. The number of aromatic nitrogens is 1. The van der Waals surface area contributed by atoms with E-state index in [0.717, 1.165) is 22.5 Å². The van der Waals surface area contributed by atoms with Crippen molar-refractivity contribution >= 4 is 45.9 Å². The quantitative estimate of drug-likeness (QED) is 0.694. The number of nitrogens with zero attached hydrogens (tertiary/aromatic N) is 1. The van der Waals surface area contributed by atoms with Crippen molar-refractivity contribution in [3.63, 3.8) is 0 Å². The molecule has 2 rings (SSSR count). The van der Waals surface area contributed by atoms with Crippen molar-refractivity contribution in [2.24, 2.45) is 0 Å². The van der Waals surface area contributed by atoms with Gasteiger partial charge in [0.15, 0.2) is 0 Å². The summed E-state index contributed by atoms with van der Waals surface area (Å²) in [4.78, 5) is 0. The second-order valence-corrected chi connectivity index (χ2v) is 6.12. The maximum absolute atomic E-state index is 6.16. The van der Waals surface area contributed by atoms with Crippen molar-refractivity contribution < 1.29 is 0 Å². The Bertz CT molecular complexity index is 507. The van der Waals surface area contributed by atoms with E-state index in [4.69, 9.17) is 23.2 Å². The predicted molar refractivity (Wildman–Crippen MR) is 79.6 cm³/mol. The fourth-order valence-corrected chi connectivity index (χ4v) is 3.06. The first kappa shape index (κ1) is 13.1. The molecule has 4 heteroatoms. The van der Waals surface area contributed by atoms with Crippen LogP contribution in [0.1, 0.15) is 13.3 Å². The van der Waals surface area contributed by atoms with Crippen molar-refractivity contribution in [2.75, 3.05) is 11.5 Å². The first-order valence-corrected chi connectivity index (χ1v) is 7.65. The molecule has 0 bridgehead atoms. The number of hydrogen-bond acceptors (Lipinski definition) is 1. The Hall–Kier alpha value is -0.310. The van der Waals surface area contributed by atoms with Crippen molar-refractivity contribution in [1.29, 1.82) is 0 Å². The Balaban J connectivity index is 2.18. The lowest BCUT2D eigenvalue weighted by atomic mass is 10.2. The summed E-state index contributed by atoms with van der Waals surface area (Å²) in [5.74, 6) is 2.38. The zero-order valence-electron chi connectivity index (χ0n) is 9.75. The minimum absolute atomic E-state index is 0.699. The lowest BCUT2D eigenvalue weighted by molar-refractivity contribution is 0.709. The Kier molecular flexibility index (Phi) is 4.66. The van der Waals surface area contributed by atoms with Crippen LogP contribution in [-0.2, 0) is 6.54 Å². The molecular formula is C13H15Cl2NS. The zero-order valence-corrected chi connectivity index (χ0v) is 12.1. The van der Waals surface area contributed by atoms with E-state index < -0.39 is 0 Å². The molecule has 0 radical (unpaired) electrons. The predicted octanol–water partition coefficient (Wildman–Crippen LogP) is 5.09. The molecule has 1 heterocycles. The van der Waals surface area contributed by atoms with E-state index in [1.165, 1.54) is 17.9 Å². The van der Waals surface area contributed by atoms with Crippen LogP contribution in [0, 0.1) is 0 Å². The fraction of sp³-hybridized carbons (Fsp3) is 0.385. The van der Waals surface area contributed by atoms with Gasteiger partial charge in [0.25, 0.3) is 0 Å². The molecule has 2 aromatic rings. The van der Waals surface area contributed by atoms with E-state index in [9.17, 15) is 0 Å². The summed E-state index contributed by atoms with van der Waals surface area (Å²) in [5, 5.41) is 2.51. The number of halogens is 2. The molecule has 0 aliphatic heterocycles. The number of benzene rings is 1. The molecule has 0 aliphatic rings. The van der Waals surface area contributed by atoms with Gasteiger partial charge in [0.2, 0.25) is 0 Å². The molecule has 17 heavy (non-hydrogen) atoms. The largest absolute Gasteiger partial charge is 0.347 e. The van der Waals surface area contributed by atoms with Crippen molar-refractivity contribution in [3.05, 3.63) is 34.4 Å². The van der Waals surface area contributed by atoms with Crippen LogP contribution in [0.3, 0.4) is 0 Å². The SMILES string of the molecule is CCSCCCn1ccc2c(Cl)cc(Cl)cc21. The number of thioether (sulfide) groups is 1. The van der Waals surface area contributed by atoms with Gasteiger partial charge in [-0.25, -0.2) is 0 Å². The van der Waals surface area contributed by atoms with Crippen molar-refractivity contribution in [2.45, 2.75) is 19.9 Å². The van der Waals surface area contributed by atoms with Gasteiger partial charge in [-0.3, -0.25) is 0 Å². The fourth-order valence-electron chi connectivity index (χ4n) is 1.89. The standard InChI is InChI=1S/C13H15Cl2NS/c1-2-17-7-3-5-16-6-4-11-12(15)8-10(14)9-13(11)16/h4,6,8-9H,2-3,5,7H2,1H3. The second kappa shape index (κ2) is 6.03. The van der Waals surface area contributed by atoms with E-state index in [1.807, 2.05) is 17.8 Å². The molecule has 0 aliphatic carbocycles. The van der Waals surface area contributed by atoms with Crippen LogP contribution in [0.25, 0.3) is 10.9 Å². The lowest BCUT2D eigenvalue weighted by Crippen LogP contribution is -1.97. The molecule has 0 unspecified atom stereocenters. The van der Waals surface area contributed by atoms with Crippen LogP contribution in [0.4, 0.5) is 0 Å². The van der Waals surface area contributed by atoms with E-state index in [1.54, 1.807) is 6.07 Å². The third kappa shape index (κ3) is 3.12. The van der Waals surface area contributed by atoms with E-state index in [-0.39, 0.29) is 0 Å². The van der Waals surface area contributed by atoms with Gasteiger partial charge in [-0.05, 0) is 36.1 Å². The Morgan fingerprint density at radius 1 is 1.29 bits per heavy atom. The van der Waals surface area contributed by atoms with Gasteiger partial charge in [-0.1, -0.05) is 30.1 Å². The van der Waals surface area contributed by atoms with Crippen LogP contribution in [0.5, 0.6) is 0 Å². The minimum atomic E-state index is 0.699. The Morgan fingerprint density at radius 3 is 2.88 bits per heavy atom. The normalized spacial score (nSPS) is 11.2. The second-order valence-electron chi connectivity index (χ2n) is 3.88. The number of rotatable bonds is 5. The van der Waals surface area contributed by atoms with Gasteiger partial charge < -0.3 is 4.57 Å². The summed E-state index contributed by atoms with van der Waals surface area (Å²) in [6, 6.07) is 5.83. The maximum Gasteiger partial charge on any atom is 0.0514 e. The lowest BCUT2D eigenvalue weighted by Gasteiger charge is -2.06. The zero-order chi connectivity index (χ0) is 12.3. The van der Waals surface area contributed by atoms with Gasteiger partial charge in [0.05, 0.1) is 10.5 Å². The monoisotopic (exact) mass is 287 g/mol. The summed E-state index contributed by atoms with van der Waals surface area (Å²) in [6.07, 6.45) is 3.26. The molecule has 1 nitrogen and oxygen atoms in total. The summed E-state index contributed by atoms with van der Waals surface area (Å²) in [7, 11) is 0. The number of fused-ring (bicyclic) bond motifs is 1. The highest BCUT2D eigenvalue weighted by Gasteiger charge is 2.06. The van der Waals surface area contributed by atoms with Crippen LogP contribution in [-0.4, -0.2) is 16.1 Å². The van der Waals surface area contributed by atoms with Gasteiger partial charge >= 0.3 is 0 Å². The highest BCUT2D eigenvalue weighted by atomic mass is 35.5. The van der Waals surface area contributed by atoms with Crippen LogP contribution in [0.2, 0.25) is 10.0 Å². The first-order chi connectivity index (χ1) is 8.22. The topological polar surface area (TPSA) is 4.93 Å². The smallest absolute Gasteiger partial charge is 0.0514 e. The van der Waals surface area contributed by atoms with Gasteiger partial charge in [0, 0.05) is 23.2 Å². The molecule has 0 atom stereocenters. The summed E-state index contributed by atoms with van der Waals surface area (Å²) < 4.78 is 2.23. The van der Waals surface area contributed by atoms with Gasteiger partial charge in [-0.15, -0.1) is 0 Å². The van der Waals surface area contributed by atoms with E-state index in [0.29, 0.717) is 5.02 Å². The number of hydrogen-bond donors (Lipinski definition) is 0. The minimum Gasteiger partial charge on any atom is -0.347 e.